The Morgan fingerprint density at radius 1 is 1.13 bits per heavy atom. The van der Waals surface area contributed by atoms with Crippen LogP contribution < -0.4 is 10.2 Å². The lowest BCUT2D eigenvalue weighted by molar-refractivity contribution is 0.172. The molecule has 2 bridgehead atoms. The Hall–Kier alpha value is -2.59. The third-order valence-corrected chi connectivity index (χ3v) is 7.58. The first-order chi connectivity index (χ1) is 15.1. The van der Waals surface area contributed by atoms with Gasteiger partial charge in [0.2, 0.25) is 5.13 Å². The molecule has 31 heavy (non-hydrogen) atoms. The molecule has 3 fully saturated rings. The maximum atomic E-state index is 15.2. The van der Waals surface area contributed by atoms with E-state index < -0.39 is 12.0 Å². The quantitative estimate of drug-likeness (QED) is 0.557. The average Bonchev–Trinajstić information content (AvgIpc) is 3.16. The van der Waals surface area contributed by atoms with Gasteiger partial charge in [-0.3, -0.25) is 5.10 Å². The number of H-pyrrole nitrogens is 1. The van der Waals surface area contributed by atoms with Gasteiger partial charge in [0.05, 0.1) is 17.8 Å². The molecule has 1 saturated carbocycles. The Kier molecular flexibility index (Phi) is 4.46. The van der Waals surface area contributed by atoms with Crippen molar-refractivity contribution in [3.05, 3.63) is 30.3 Å². The van der Waals surface area contributed by atoms with Gasteiger partial charge in [-0.1, -0.05) is 11.3 Å². The second-order valence-electron chi connectivity index (χ2n) is 8.66. The third kappa shape index (κ3) is 3.28. The van der Waals surface area contributed by atoms with Gasteiger partial charge in [0, 0.05) is 35.4 Å². The topological polar surface area (TPSA) is 90.0 Å². The second-order valence-corrected chi connectivity index (χ2v) is 9.62. The summed E-state index contributed by atoms with van der Waals surface area (Å²) >= 11 is 1.28. The summed E-state index contributed by atoms with van der Waals surface area (Å²) in [5.41, 5.74) is 1.09. The van der Waals surface area contributed by atoms with Crippen molar-refractivity contribution in [3.63, 3.8) is 0 Å². The molecule has 7 nitrogen and oxygen atoms in total. The summed E-state index contributed by atoms with van der Waals surface area (Å²) in [6.45, 7) is 0. The summed E-state index contributed by atoms with van der Waals surface area (Å²) in [7, 11) is 0. The molecule has 3 aliphatic rings. The number of halogens is 2. The summed E-state index contributed by atoms with van der Waals surface area (Å²) in [4.78, 5) is 2.10. The number of hydrogen-bond donors (Lipinski definition) is 3. The summed E-state index contributed by atoms with van der Waals surface area (Å²) in [5.74, 6) is -0.565. The van der Waals surface area contributed by atoms with Crippen molar-refractivity contribution in [1.29, 1.82) is 0 Å². The Labute approximate surface area is 181 Å². The monoisotopic (exact) mass is 444 g/mol. The van der Waals surface area contributed by atoms with Crippen molar-refractivity contribution in [2.45, 2.75) is 62.4 Å². The van der Waals surface area contributed by atoms with E-state index in [1.165, 1.54) is 29.7 Å². The highest BCUT2D eigenvalue weighted by Crippen LogP contribution is 2.44. The molecule has 2 saturated heterocycles. The Morgan fingerprint density at radius 2 is 2.00 bits per heavy atom. The smallest absolute Gasteiger partial charge is 0.209 e. The molecular formula is C21H22F2N6OS. The van der Waals surface area contributed by atoms with E-state index in [9.17, 15) is 9.50 Å². The molecule has 6 rings (SSSR count). The van der Waals surface area contributed by atoms with Gasteiger partial charge < -0.3 is 15.3 Å². The number of hydrogen-bond acceptors (Lipinski definition) is 7. The predicted molar refractivity (Wildman–Crippen MR) is 113 cm³/mol. The number of benzene rings is 1. The zero-order valence-electron chi connectivity index (χ0n) is 16.6. The van der Waals surface area contributed by atoms with Gasteiger partial charge in [-0.2, -0.15) is 5.10 Å². The molecular weight excluding hydrogens is 422 g/mol. The van der Waals surface area contributed by atoms with Crippen molar-refractivity contribution in [2.75, 3.05) is 4.90 Å². The highest BCUT2D eigenvalue weighted by molar-refractivity contribution is 7.18. The van der Waals surface area contributed by atoms with Gasteiger partial charge in [-0.05, 0) is 44.2 Å². The molecule has 162 valence electrons. The van der Waals surface area contributed by atoms with Crippen molar-refractivity contribution in [1.82, 2.24) is 25.7 Å². The zero-order chi connectivity index (χ0) is 21.1. The number of aromatic hydroxyl groups is 1. The first-order valence-electron chi connectivity index (χ1n) is 10.6. The number of nitrogens with zero attached hydrogens (tertiary/aromatic N) is 4. The number of aromatic amines is 1. The molecule has 4 heterocycles. The van der Waals surface area contributed by atoms with Crippen molar-refractivity contribution in [3.8, 4) is 27.4 Å². The summed E-state index contributed by atoms with van der Waals surface area (Å²) < 4.78 is 30.0. The van der Waals surface area contributed by atoms with Crippen LogP contribution in [0.3, 0.4) is 0 Å². The van der Waals surface area contributed by atoms with Crippen LogP contribution in [-0.2, 0) is 0 Å². The number of aromatic nitrogens is 4. The van der Waals surface area contributed by atoms with Crippen LogP contribution in [0.5, 0.6) is 5.75 Å². The number of nitrogens with one attached hydrogen (secondary N) is 2. The fourth-order valence-electron chi connectivity index (χ4n) is 4.95. The molecule has 10 heteroatoms. The molecule has 1 aromatic carbocycles. The standard InChI is InChI=1S/C21H22F2N6OS/c22-15-6-14(18(30)7-13(15)10-8-24-25-9-10)20-27-28-21(31-20)29(12-2-3-12)17-5-11-1-4-16(26-11)19(17)23/h6-9,11-12,16-17,19,26,30H,1-5H2,(H,24,25)/t11?,16?,17-,19+/m1/s1. The lowest BCUT2D eigenvalue weighted by atomic mass is 9.96. The van der Waals surface area contributed by atoms with Crippen LogP contribution in [0.15, 0.2) is 24.5 Å². The van der Waals surface area contributed by atoms with Gasteiger partial charge in [0.15, 0.2) is 5.01 Å². The van der Waals surface area contributed by atoms with Gasteiger partial charge in [0.1, 0.15) is 17.7 Å². The molecule has 2 unspecified atom stereocenters. The second kappa shape index (κ2) is 7.23. The number of fused-ring (bicyclic) bond motifs is 2. The highest BCUT2D eigenvalue weighted by atomic mass is 32.1. The Balaban J connectivity index is 1.33. The highest BCUT2D eigenvalue weighted by Gasteiger charge is 2.48. The van der Waals surface area contributed by atoms with Gasteiger partial charge >= 0.3 is 0 Å². The van der Waals surface area contributed by atoms with Crippen molar-refractivity contribution >= 4 is 16.5 Å². The molecule has 4 atom stereocenters. The first kappa shape index (κ1) is 19.1. The van der Waals surface area contributed by atoms with E-state index in [4.69, 9.17) is 0 Å². The van der Waals surface area contributed by atoms with E-state index in [1.54, 1.807) is 6.20 Å². The maximum Gasteiger partial charge on any atom is 0.209 e. The van der Waals surface area contributed by atoms with Gasteiger partial charge in [-0.25, -0.2) is 8.78 Å². The van der Waals surface area contributed by atoms with E-state index >= 15 is 4.39 Å². The number of piperidine rings is 1. The van der Waals surface area contributed by atoms with Crippen LogP contribution in [0, 0.1) is 5.82 Å². The van der Waals surface area contributed by atoms with Crippen LogP contribution in [-0.4, -0.2) is 55.8 Å². The molecule has 2 aromatic heterocycles. The van der Waals surface area contributed by atoms with Gasteiger partial charge in [0.25, 0.3) is 0 Å². The van der Waals surface area contributed by atoms with E-state index in [0.29, 0.717) is 21.7 Å². The van der Waals surface area contributed by atoms with Gasteiger partial charge in [-0.15, -0.1) is 10.2 Å². The average molecular weight is 445 g/mol. The zero-order valence-corrected chi connectivity index (χ0v) is 17.4. The van der Waals surface area contributed by atoms with Crippen LogP contribution in [0.4, 0.5) is 13.9 Å². The number of phenols is 1. The maximum absolute atomic E-state index is 15.2. The fourth-order valence-corrected chi connectivity index (χ4v) is 5.95. The molecule has 2 aliphatic heterocycles. The van der Waals surface area contributed by atoms with E-state index in [-0.39, 0.29) is 35.0 Å². The van der Waals surface area contributed by atoms with Crippen molar-refractivity contribution < 1.29 is 13.9 Å². The van der Waals surface area contributed by atoms with Crippen LogP contribution in [0.25, 0.3) is 21.7 Å². The molecule has 0 spiro atoms. The lowest BCUT2D eigenvalue weighted by Crippen LogP contribution is -2.57. The van der Waals surface area contributed by atoms with Crippen LogP contribution >= 0.6 is 11.3 Å². The number of phenolic OH excluding ortho intramolecular Hbond substituents is 1. The number of rotatable bonds is 5. The van der Waals surface area contributed by atoms with Crippen molar-refractivity contribution in [2.24, 2.45) is 0 Å². The molecule has 3 aromatic rings. The lowest BCUT2D eigenvalue weighted by Gasteiger charge is -2.40. The largest absolute Gasteiger partial charge is 0.507 e. The predicted octanol–water partition coefficient (Wildman–Crippen LogP) is 3.64. The first-order valence-corrected chi connectivity index (χ1v) is 11.4. The SMILES string of the molecule is Oc1cc(-c2cn[nH]c2)c(F)cc1-c1nnc(N(C2CC2)[C@@H]2CC3CCC(N3)[C@@H]2F)s1. The van der Waals surface area contributed by atoms with Crippen LogP contribution in [0.2, 0.25) is 0 Å². The van der Waals surface area contributed by atoms with Crippen LogP contribution in [0.1, 0.15) is 32.1 Å². The summed E-state index contributed by atoms with van der Waals surface area (Å²) in [6.07, 6.45) is 6.77. The molecule has 0 radical (unpaired) electrons. The minimum atomic E-state index is -0.952. The Morgan fingerprint density at radius 3 is 2.77 bits per heavy atom. The Bertz CT molecular complexity index is 1100. The fraction of sp³-hybridized carbons (Fsp3) is 0.476. The number of anilines is 1. The minimum absolute atomic E-state index is 0.0819. The number of alkyl halides is 1. The normalized spacial score (nSPS) is 27.5. The molecule has 1 aliphatic carbocycles. The van der Waals surface area contributed by atoms with E-state index in [2.05, 4.69) is 30.6 Å². The summed E-state index contributed by atoms with van der Waals surface area (Å²) in [6, 6.07) is 2.95. The molecule has 3 N–H and O–H groups in total. The van der Waals surface area contributed by atoms with E-state index in [0.717, 1.165) is 32.1 Å². The third-order valence-electron chi connectivity index (χ3n) is 6.61. The minimum Gasteiger partial charge on any atom is -0.507 e. The molecule has 0 amide bonds. The van der Waals surface area contributed by atoms with E-state index in [1.807, 2.05) is 0 Å². The summed E-state index contributed by atoms with van der Waals surface area (Å²) in [5, 5.41) is 30.0.